The Bertz CT molecular complexity index is 2560. The molecule has 0 saturated carbocycles. The van der Waals surface area contributed by atoms with Gasteiger partial charge in [0.15, 0.2) is 5.79 Å². The fourth-order valence-corrected chi connectivity index (χ4v) is 13.7. The predicted molar refractivity (Wildman–Crippen MR) is 252 cm³/mol. The summed E-state index contributed by atoms with van der Waals surface area (Å²) in [6, 6.07) is 15.6. The highest BCUT2D eigenvalue weighted by molar-refractivity contribution is 7.89. The van der Waals surface area contributed by atoms with Crippen LogP contribution < -0.4 is 4.72 Å². The van der Waals surface area contributed by atoms with Gasteiger partial charge in [-0.1, -0.05) is 75.7 Å². The molecule has 3 amide bonds. The summed E-state index contributed by atoms with van der Waals surface area (Å²) in [5.41, 5.74) is 2.58. The zero-order valence-corrected chi connectivity index (χ0v) is 41.7. The lowest BCUT2D eigenvalue weighted by Gasteiger charge is -2.45. The number of nitrogens with zero attached hydrogens (tertiary/aromatic N) is 4. The smallest absolute Gasteiger partial charge is 0.410 e. The molecule has 0 bridgehead atoms. The number of likely N-dealkylation sites (N-methyl/N-ethyl adjacent to an activating group) is 1. The Morgan fingerprint density at radius 1 is 0.825 bits per heavy atom. The van der Waals surface area contributed by atoms with Crippen molar-refractivity contribution in [3.8, 4) is 0 Å². The minimum Gasteiger partial charge on any atom is -0.444 e. The molecule has 2 saturated heterocycles. The Labute approximate surface area is 373 Å². The second-order valence-corrected chi connectivity index (χ2v) is 34.2. The van der Waals surface area contributed by atoms with Crippen LogP contribution >= 0.6 is 0 Å². The quantitative estimate of drug-likeness (QED) is 0.0767. The summed E-state index contributed by atoms with van der Waals surface area (Å²) in [6.07, 6.45) is 1.66. The third-order valence-electron chi connectivity index (χ3n) is 11.8. The number of benzene rings is 2. The number of amides is 3. The molecule has 0 unspecified atom stereocenters. The lowest BCUT2D eigenvalue weighted by Crippen LogP contribution is -2.67. The van der Waals surface area contributed by atoms with Crippen LogP contribution in [0.3, 0.4) is 0 Å². The van der Waals surface area contributed by atoms with E-state index in [9.17, 15) is 22.8 Å². The summed E-state index contributed by atoms with van der Waals surface area (Å²) in [7, 11) is -5.27. The van der Waals surface area contributed by atoms with Crippen molar-refractivity contribution in [2.75, 3.05) is 26.0 Å². The van der Waals surface area contributed by atoms with Crippen molar-refractivity contribution in [3.63, 3.8) is 0 Å². The zero-order valence-electron chi connectivity index (χ0n) is 38.9. The molecule has 3 aliphatic rings. The minimum absolute atomic E-state index is 0.0303. The highest BCUT2D eigenvalue weighted by Crippen LogP contribution is 2.43. The molecule has 4 atom stereocenters. The molecule has 17 heteroatoms. The topological polar surface area (TPSA) is 151 Å². The molecule has 63 heavy (non-hydrogen) atoms. The van der Waals surface area contributed by atoms with Crippen LogP contribution in [0, 0.1) is 0 Å². The fraction of sp³-hybridized carbons (Fsp3) is 0.543. The summed E-state index contributed by atoms with van der Waals surface area (Å²) >= 11 is 0. The van der Waals surface area contributed by atoms with Crippen LogP contribution in [-0.4, -0.2) is 123 Å². The number of carbonyl (C=O) groups is 3. The lowest BCUT2D eigenvalue weighted by atomic mass is 9.92. The first-order valence-corrected chi connectivity index (χ1v) is 31.0. The van der Waals surface area contributed by atoms with Crippen LogP contribution in [-0.2, 0) is 51.8 Å². The summed E-state index contributed by atoms with van der Waals surface area (Å²) in [5, 5.41) is 1.57. The largest absolute Gasteiger partial charge is 0.444 e. The molecule has 0 radical (unpaired) electrons. The van der Waals surface area contributed by atoms with E-state index in [4.69, 9.17) is 18.9 Å². The zero-order chi connectivity index (χ0) is 46.0. The van der Waals surface area contributed by atoms with E-state index in [1.54, 1.807) is 39.5 Å². The third kappa shape index (κ3) is 10.2. The Balaban J connectivity index is 1.31. The number of likely N-dealkylation sites (tertiary alicyclic amines) is 1. The standard InChI is InChI=1S/C46H65N5O9SSi2/c1-45(2,3)60-44(54)51-27-34(47-61(55,56)22-24-63(10,11)12)40-41(59-46(4,5)58-40)37(51)28-49-25-32(30-17-13-15-19-35(30)49)38-39(43(53)48(6)42(38)52)33-26-50(29-57-21-23-62(7,8)9)36-20-16-14-18-31(33)36/h13-20,25-26,34,37,40-41,47H,21-24,27-29H2,1-12H3/t34-,37-,40+,41+/m0/s1. The number of carbonyl (C=O) groups excluding carboxylic acids is 3. The van der Waals surface area contributed by atoms with Gasteiger partial charge in [-0.05, 0) is 58.8 Å². The molecule has 7 rings (SSSR count). The van der Waals surface area contributed by atoms with E-state index in [1.165, 1.54) is 11.9 Å². The molecule has 2 aromatic carbocycles. The number of hydrogen-bond donors (Lipinski definition) is 1. The summed E-state index contributed by atoms with van der Waals surface area (Å²) < 4.78 is 59.3. The van der Waals surface area contributed by atoms with Crippen molar-refractivity contribution in [1.82, 2.24) is 23.7 Å². The van der Waals surface area contributed by atoms with Crippen LogP contribution in [0.25, 0.3) is 33.0 Å². The minimum atomic E-state index is -3.76. The number of sulfonamides is 1. The van der Waals surface area contributed by atoms with Crippen molar-refractivity contribution in [2.24, 2.45) is 0 Å². The molecule has 2 fully saturated rings. The van der Waals surface area contributed by atoms with Crippen molar-refractivity contribution in [2.45, 2.75) is 135 Å². The van der Waals surface area contributed by atoms with Crippen molar-refractivity contribution < 1.29 is 41.7 Å². The van der Waals surface area contributed by atoms with E-state index in [2.05, 4.69) is 44.0 Å². The number of ether oxygens (including phenoxy) is 4. The van der Waals surface area contributed by atoms with Crippen LogP contribution in [0.4, 0.5) is 4.79 Å². The number of aromatic nitrogens is 2. The number of rotatable bonds is 14. The number of nitrogens with one attached hydrogen (secondary N) is 1. The second kappa shape index (κ2) is 17.0. The Morgan fingerprint density at radius 3 is 1.90 bits per heavy atom. The highest BCUT2D eigenvalue weighted by Gasteiger charge is 2.56. The van der Waals surface area contributed by atoms with Gasteiger partial charge < -0.3 is 28.1 Å². The number of imide groups is 1. The highest BCUT2D eigenvalue weighted by atomic mass is 32.2. The molecule has 0 spiro atoms. The first-order chi connectivity index (χ1) is 29.2. The summed E-state index contributed by atoms with van der Waals surface area (Å²) in [6.45, 7) is 23.3. The van der Waals surface area contributed by atoms with Crippen LogP contribution in [0.15, 0.2) is 60.9 Å². The number of fused-ring (bicyclic) bond motifs is 3. The fourth-order valence-electron chi connectivity index (χ4n) is 8.66. The van der Waals surface area contributed by atoms with Gasteiger partial charge in [-0.3, -0.25) is 19.4 Å². The monoisotopic (exact) mass is 919 g/mol. The molecule has 14 nitrogen and oxygen atoms in total. The Kier molecular flexibility index (Phi) is 12.7. The maximum Gasteiger partial charge on any atom is 0.410 e. The normalized spacial score (nSPS) is 22.2. The van der Waals surface area contributed by atoms with Gasteiger partial charge >= 0.3 is 6.09 Å². The molecule has 5 heterocycles. The second-order valence-electron chi connectivity index (χ2n) is 21.1. The van der Waals surface area contributed by atoms with Gasteiger partial charge in [0.05, 0.1) is 34.5 Å². The average molecular weight is 920 g/mol. The van der Waals surface area contributed by atoms with E-state index in [0.29, 0.717) is 36.1 Å². The van der Waals surface area contributed by atoms with Gasteiger partial charge in [0.1, 0.15) is 24.5 Å². The van der Waals surface area contributed by atoms with Gasteiger partial charge in [0.2, 0.25) is 10.0 Å². The molecule has 1 N–H and O–H groups in total. The van der Waals surface area contributed by atoms with Crippen LogP contribution in [0.5, 0.6) is 0 Å². The number of hydrogen-bond acceptors (Lipinski definition) is 9. The van der Waals surface area contributed by atoms with Crippen molar-refractivity contribution in [3.05, 3.63) is 72.1 Å². The molecular weight excluding hydrogens is 855 g/mol. The molecule has 2 aromatic heterocycles. The summed E-state index contributed by atoms with van der Waals surface area (Å²) in [5.74, 6) is -1.95. The molecule has 0 aliphatic carbocycles. The van der Waals surface area contributed by atoms with E-state index in [0.717, 1.165) is 27.8 Å². The Morgan fingerprint density at radius 2 is 1.35 bits per heavy atom. The van der Waals surface area contributed by atoms with Gasteiger partial charge in [-0.25, -0.2) is 17.9 Å². The first kappa shape index (κ1) is 46.9. The molecule has 342 valence electrons. The molecule has 4 aromatic rings. The number of para-hydroxylation sites is 2. The van der Waals surface area contributed by atoms with Crippen LogP contribution in [0.2, 0.25) is 51.4 Å². The maximum absolute atomic E-state index is 14.4. The van der Waals surface area contributed by atoms with Crippen molar-refractivity contribution >= 4 is 77.0 Å². The van der Waals surface area contributed by atoms with E-state index >= 15 is 0 Å². The van der Waals surface area contributed by atoms with E-state index < -0.39 is 79.8 Å². The third-order valence-corrected chi connectivity index (χ3v) is 17.0. The van der Waals surface area contributed by atoms with Gasteiger partial charge in [-0.2, -0.15) is 0 Å². The Hall–Kier alpha value is -4.11. The van der Waals surface area contributed by atoms with Gasteiger partial charge in [0.25, 0.3) is 11.8 Å². The van der Waals surface area contributed by atoms with E-state index in [1.807, 2.05) is 70.1 Å². The molecular formula is C46H65N5O9SSi2. The lowest BCUT2D eigenvalue weighted by molar-refractivity contribution is -0.149. The molecule has 3 aliphatic heterocycles. The average Bonchev–Trinajstić information content (AvgIpc) is 3.88. The first-order valence-electron chi connectivity index (χ1n) is 21.9. The van der Waals surface area contributed by atoms with Gasteiger partial charge in [-0.15, -0.1) is 0 Å². The number of piperidine rings is 1. The van der Waals surface area contributed by atoms with Crippen molar-refractivity contribution in [1.29, 1.82) is 0 Å². The predicted octanol–water partition coefficient (Wildman–Crippen LogP) is 7.58. The summed E-state index contributed by atoms with van der Waals surface area (Å²) in [4.78, 5) is 45.7. The SMILES string of the molecule is CN1C(=O)C(c2cn(COCC[Si](C)(C)C)c3ccccc23)=C(c2cn(C[C@H]3[C@H]4OC(C)(C)O[C@@H]4[C@@H](NS(=O)(=O)CC[Si](C)(C)C)CN3C(=O)OC(C)(C)C)c3ccccc23)C1=O. The maximum atomic E-state index is 14.4. The van der Waals surface area contributed by atoms with Crippen LogP contribution in [0.1, 0.15) is 45.7 Å². The van der Waals surface area contributed by atoms with E-state index in [-0.39, 0.29) is 24.4 Å². The van der Waals surface area contributed by atoms with Gasteiger partial charge in [0, 0.05) is 82.7 Å².